The lowest BCUT2D eigenvalue weighted by Crippen LogP contribution is -2.48. The van der Waals surface area contributed by atoms with Crippen molar-refractivity contribution < 1.29 is 27.8 Å². The molecule has 34 heavy (non-hydrogen) atoms. The van der Waals surface area contributed by atoms with Gasteiger partial charge in [-0.15, -0.1) is 0 Å². The molecule has 0 radical (unpaired) electrons. The van der Waals surface area contributed by atoms with Crippen molar-refractivity contribution in [3.63, 3.8) is 0 Å². The molecule has 0 bridgehead atoms. The zero-order valence-electron chi connectivity index (χ0n) is 19.6. The molecule has 5 heterocycles. The molecule has 1 amide bonds. The monoisotopic (exact) mass is 480 g/mol. The van der Waals surface area contributed by atoms with Crippen LogP contribution in [0.5, 0.6) is 0 Å². The van der Waals surface area contributed by atoms with E-state index in [2.05, 4.69) is 10.1 Å². The Balaban J connectivity index is 1.45. The summed E-state index contributed by atoms with van der Waals surface area (Å²) in [7, 11) is 3.75. The lowest BCUT2D eigenvalue weighted by atomic mass is 10.0. The van der Waals surface area contributed by atoms with E-state index < -0.39 is 54.6 Å². The summed E-state index contributed by atoms with van der Waals surface area (Å²) in [6.07, 6.45) is -1.75. The molecule has 3 saturated heterocycles. The van der Waals surface area contributed by atoms with Crippen molar-refractivity contribution in [2.75, 3.05) is 32.9 Å². The summed E-state index contributed by atoms with van der Waals surface area (Å²) in [5.74, 6) is -4.11. The topological polar surface area (TPSA) is 107 Å². The van der Waals surface area contributed by atoms with Crippen LogP contribution in [0.25, 0.3) is 5.52 Å². The molecule has 12 heteroatoms. The van der Waals surface area contributed by atoms with E-state index in [9.17, 15) is 13.6 Å². The molecule has 5 rings (SSSR count). The van der Waals surface area contributed by atoms with Gasteiger partial charge in [-0.3, -0.25) is 4.79 Å². The van der Waals surface area contributed by atoms with Gasteiger partial charge in [0.15, 0.2) is 17.7 Å². The number of nitrogen functional groups attached to an aromatic ring is 1. The summed E-state index contributed by atoms with van der Waals surface area (Å²) in [6.45, 7) is 3.47. The molecule has 0 spiro atoms. The highest BCUT2D eigenvalue weighted by Gasteiger charge is 2.60. The Morgan fingerprint density at radius 1 is 1.26 bits per heavy atom. The Bertz CT molecular complexity index is 1090. The number of carbonyl (C=O) groups excluding carboxylic acids is 1. The van der Waals surface area contributed by atoms with E-state index in [0.717, 1.165) is 0 Å². The van der Waals surface area contributed by atoms with Gasteiger partial charge < -0.3 is 29.7 Å². The van der Waals surface area contributed by atoms with Crippen LogP contribution in [-0.2, 0) is 19.0 Å². The van der Waals surface area contributed by atoms with Gasteiger partial charge in [-0.25, -0.2) is 18.3 Å². The van der Waals surface area contributed by atoms with Crippen molar-refractivity contribution in [1.82, 2.24) is 24.4 Å². The number of carbonyl (C=O) groups is 1. The molecule has 2 aromatic heterocycles. The van der Waals surface area contributed by atoms with E-state index in [-0.39, 0.29) is 6.42 Å². The molecule has 3 fully saturated rings. The third-order valence-corrected chi connectivity index (χ3v) is 6.67. The highest BCUT2D eigenvalue weighted by molar-refractivity contribution is 5.83. The van der Waals surface area contributed by atoms with Crippen LogP contribution < -0.4 is 5.73 Å². The average molecular weight is 481 g/mol. The number of fused-ring (bicyclic) bond motifs is 2. The van der Waals surface area contributed by atoms with Gasteiger partial charge >= 0.3 is 0 Å². The maximum absolute atomic E-state index is 14.4. The first-order valence-corrected chi connectivity index (χ1v) is 11.4. The smallest absolute Gasteiger partial charge is 0.267 e. The molecular formula is C22H30F2N6O4. The van der Waals surface area contributed by atoms with Gasteiger partial charge in [-0.1, -0.05) is 0 Å². The molecule has 5 atom stereocenters. The molecule has 1 unspecified atom stereocenters. The van der Waals surface area contributed by atoms with Crippen molar-refractivity contribution in [1.29, 1.82) is 0 Å². The van der Waals surface area contributed by atoms with E-state index >= 15 is 0 Å². The zero-order chi connectivity index (χ0) is 24.4. The van der Waals surface area contributed by atoms with Crippen LogP contribution in [0, 0.1) is 0 Å². The van der Waals surface area contributed by atoms with Gasteiger partial charge in [0.2, 0.25) is 0 Å². The molecule has 2 aromatic rings. The highest BCUT2D eigenvalue weighted by Crippen LogP contribution is 2.47. The predicted octanol–water partition coefficient (Wildman–Crippen LogP) is 1.46. The standard InChI is InChI=1S/C22H30F2N6O4/c1-21(2)33-16-15(13-5-6-14-19(25)26-11-27-30(13)14)32-18(17(16)34-21)20(31)29-10-22(23,24)9-12(29)7-8-28(3)4/h5-6,11-12,15-18H,7-10H2,1-4H3,(H2,25,26,27)/t12?,15-,16-,17-,18-/m0/s1. The third-order valence-electron chi connectivity index (χ3n) is 6.67. The molecule has 186 valence electrons. The van der Waals surface area contributed by atoms with Gasteiger partial charge in [-0.2, -0.15) is 5.10 Å². The number of ether oxygens (including phenoxy) is 3. The number of alkyl halides is 2. The van der Waals surface area contributed by atoms with E-state index in [1.807, 2.05) is 19.0 Å². The SMILES string of the molecule is CN(C)CCC1CC(F)(F)CN1C(=O)[C@H]1O[C@@H](c2ccc3c(N)ncnn23)[C@@H]2OC(C)(C)O[C@@H]21. The fourth-order valence-corrected chi connectivity index (χ4v) is 5.21. The van der Waals surface area contributed by atoms with Crippen LogP contribution in [0.15, 0.2) is 18.5 Å². The third kappa shape index (κ3) is 4.02. The molecule has 10 nitrogen and oxygen atoms in total. The number of aromatic nitrogens is 3. The first-order chi connectivity index (χ1) is 16.0. The molecule has 0 saturated carbocycles. The van der Waals surface area contributed by atoms with E-state index in [4.69, 9.17) is 19.9 Å². The second-order valence-corrected chi connectivity index (χ2v) is 10.0. The summed E-state index contributed by atoms with van der Waals surface area (Å²) >= 11 is 0. The summed E-state index contributed by atoms with van der Waals surface area (Å²) in [4.78, 5) is 20.8. The molecule has 0 aliphatic carbocycles. The Hall–Kier alpha value is -2.41. The van der Waals surface area contributed by atoms with Crippen molar-refractivity contribution in [2.24, 2.45) is 0 Å². The van der Waals surface area contributed by atoms with Gasteiger partial charge in [0.1, 0.15) is 30.2 Å². The quantitative estimate of drug-likeness (QED) is 0.686. The fourth-order valence-electron chi connectivity index (χ4n) is 5.21. The average Bonchev–Trinajstić information content (AvgIpc) is 3.46. The summed E-state index contributed by atoms with van der Waals surface area (Å²) in [6, 6.07) is 2.97. The second-order valence-electron chi connectivity index (χ2n) is 10.0. The Morgan fingerprint density at radius 3 is 2.74 bits per heavy atom. The summed E-state index contributed by atoms with van der Waals surface area (Å²) < 4.78 is 48.8. The maximum atomic E-state index is 14.4. The minimum Gasteiger partial charge on any atom is -0.382 e. The lowest BCUT2D eigenvalue weighted by Gasteiger charge is -2.29. The Morgan fingerprint density at radius 2 is 2.00 bits per heavy atom. The number of nitrogens with two attached hydrogens (primary N) is 1. The van der Waals surface area contributed by atoms with Crippen LogP contribution >= 0.6 is 0 Å². The first-order valence-electron chi connectivity index (χ1n) is 11.4. The number of anilines is 1. The van der Waals surface area contributed by atoms with Crippen LogP contribution in [0.1, 0.15) is 38.5 Å². The molecule has 0 aromatic carbocycles. The van der Waals surface area contributed by atoms with Crippen LogP contribution in [0.3, 0.4) is 0 Å². The summed E-state index contributed by atoms with van der Waals surface area (Å²) in [5.41, 5.74) is 7.17. The molecule has 3 aliphatic rings. The van der Waals surface area contributed by atoms with Crippen molar-refractivity contribution in [3.05, 3.63) is 24.2 Å². The Labute approximate surface area is 195 Å². The van der Waals surface area contributed by atoms with E-state index in [0.29, 0.717) is 30.0 Å². The Kier molecular flexibility index (Phi) is 5.54. The number of nitrogens with zero attached hydrogens (tertiary/aromatic N) is 5. The normalized spacial score (nSPS) is 32.1. The van der Waals surface area contributed by atoms with Crippen molar-refractivity contribution in [3.8, 4) is 0 Å². The highest BCUT2D eigenvalue weighted by atomic mass is 19.3. The fraction of sp³-hybridized carbons (Fsp3) is 0.682. The second kappa shape index (κ2) is 8.08. The lowest BCUT2D eigenvalue weighted by molar-refractivity contribution is -0.193. The van der Waals surface area contributed by atoms with Gasteiger partial charge in [0, 0.05) is 12.5 Å². The number of hydrogen-bond acceptors (Lipinski definition) is 8. The molecule has 3 aliphatic heterocycles. The van der Waals surface area contributed by atoms with Crippen molar-refractivity contribution >= 4 is 17.2 Å². The van der Waals surface area contributed by atoms with E-state index in [1.165, 1.54) is 11.2 Å². The predicted molar refractivity (Wildman–Crippen MR) is 117 cm³/mol. The number of rotatable bonds is 5. The van der Waals surface area contributed by atoms with Crippen LogP contribution in [0.4, 0.5) is 14.6 Å². The molecular weight excluding hydrogens is 450 g/mol. The van der Waals surface area contributed by atoms with Crippen LogP contribution in [-0.4, -0.2) is 93.6 Å². The van der Waals surface area contributed by atoms with Crippen molar-refractivity contribution in [2.45, 2.75) is 68.9 Å². The number of hydrogen-bond donors (Lipinski definition) is 1. The van der Waals surface area contributed by atoms with Gasteiger partial charge in [0.25, 0.3) is 11.8 Å². The number of halogens is 2. The molecule has 2 N–H and O–H groups in total. The number of likely N-dealkylation sites (tertiary alicyclic amines) is 1. The van der Waals surface area contributed by atoms with Crippen LogP contribution in [0.2, 0.25) is 0 Å². The van der Waals surface area contributed by atoms with Gasteiger partial charge in [0.05, 0.1) is 12.2 Å². The largest absolute Gasteiger partial charge is 0.382 e. The zero-order valence-corrected chi connectivity index (χ0v) is 19.6. The minimum absolute atomic E-state index is 0.301. The minimum atomic E-state index is -2.94. The number of amides is 1. The van der Waals surface area contributed by atoms with Gasteiger partial charge in [-0.05, 0) is 53.0 Å². The van der Waals surface area contributed by atoms with E-state index in [1.54, 1.807) is 30.5 Å². The summed E-state index contributed by atoms with van der Waals surface area (Å²) in [5, 5.41) is 4.27. The first kappa shape index (κ1) is 23.3. The maximum Gasteiger partial charge on any atom is 0.267 e.